The van der Waals surface area contributed by atoms with Crippen molar-refractivity contribution in [2.75, 3.05) is 6.61 Å². The number of cyclic esters (lactones) is 1. The molecule has 2 heteroatoms. The van der Waals surface area contributed by atoms with Crippen LogP contribution in [0.1, 0.15) is 26.2 Å². The molecule has 0 amide bonds. The first-order chi connectivity index (χ1) is 5.27. The van der Waals surface area contributed by atoms with Crippen molar-refractivity contribution < 1.29 is 9.53 Å². The number of hydrogen-bond acceptors (Lipinski definition) is 2. The third-order valence-corrected chi connectivity index (χ3v) is 2.53. The van der Waals surface area contributed by atoms with Crippen LogP contribution in [0.2, 0.25) is 0 Å². The highest BCUT2D eigenvalue weighted by Crippen LogP contribution is 2.33. The first-order valence-electron chi connectivity index (χ1n) is 4.15. The van der Waals surface area contributed by atoms with E-state index in [1.807, 2.05) is 0 Å². The quantitative estimate of drug-likeness (QED) is 0.493. The van der Waals surface area contributed by atoms with Crippen LogP contribution < -0.4 is 0 Å². The van der Waals surface area contributed by atoms with Gasteiger partial charge in [0.2, 0.25) is 0 Å². The Labute approximate surface area is 66.2 Å². The minimum atomic E-state index is -0.0631. The van der Waals surface area contributed by atoms with Crippen molar-refractivity contribution in [3.8, 4) is 0 Å². The van der Waals surface area contributed by atoms with Crippen LogP contribution in [0.25, 0.3) is 0 Å². The lowest BCUT2D eigenvalue weighted by atomic mass is 9.86. The van der Waals surface area contributed by atoms with Crippen LogP contribution in [0.5, 0.6) is 0 Å². The molecule has 0 spiro atoms. The van der Waals surface area contributed by atoms with E-state index in [4.69, 9.17) is 4.74 Å². The van der Waals surface area contributed by atoms with E-state index in [2.05, 4.69) is 6.92 Å². The fraction of sp³-hybridized carbons (Fsp3) is 0.667. The van der Waals surface area contributed by atoms with Gasteiger partial charge in [-0.1, -0.05) is 6.92 Å². The molecule has 0 saturated carbocycles. The van der Waals surface area contributed by atoms with Crippen LogP contribution in [0.4, 0.5) is 0 Å². The van der Waals surface area contributed by atoms with Gasteiger partial charge in [-0.3, -0.25) is 0 Å². The van der Waals surface area contributed by atoms with Crippen LogP contribution in [0.3, 0.4) is 0 Å². The molecule has 0 N–H and O–H groups in total. The van der Waals surface area contributed by atoms with Crippen molar-refractivity contribution in [1.82, 2.24) is 0 Å². The second-order valence-electron chi connectivity index (χ2n) is 3.51. The van der Waals surface area contributed by atoms with Gasteiger partial charge in [0, 0.05) is 5.57 Å². The summed E-state index contributed by atoms with van der Waals surface area (Å²) in [6, 6.07) is 0. The van der Waals surface area contributed by atoms with Crippen molar-refractivity contribution >= 4 is 5.97 Å². The van der Waals surface area contributed by atoms with Crippen molar-refractivity contribution in [3.05, 3.63) is 11.1 Å². The van der Waals surface area contributed by atoms with Gasteiger partial charge >= 0.3 is 5.97 Å². The Morgan fingerprint density at radius 3 is 3.18 bits per heavy atom. The molecule has 2 aliphatic rings. The van der Waals surface area contributed by atoms with Crippen molar-refractivity contribution in [2.45, 2.75) is 26.2 Å². The number of carbonyl (C=O) groups is 1. The molecule has 2 rings (SSSR count). The topological polar surface area (TPSA) is 26.3 Å². The second-order valence-corrected chi connectivity index (χ2v) is 3.51. The van der Waals surface area contributed by atoms with Crippen LogP contribution in [0, 0.1) is 5.92 Å². The Kier molecular flexibility index (Phi) is 1.48. The number of carbonyl (C=O) groups excluding carboxylic acids is 1. The summed E-state index contributed by atoms with van der Waals surface area (Å²) < 4.78 is 4.94. The molecular weight excluding hydrogens is 140 g/mol. The fourth-order valence-electron chi connectivity index (χ4n) is 1.85. The zero-order chi connectivity index (χ0) is 7.84. The summed E-state index contributed by atoms with van der Waals surface area (Å²) in [5.41, 5.74) is 2.23. The number of esters is 1. The Morgan fingerprint density at radius 1 is 1.55 bits per heavy atom. The van der Waals surface area contributed by atoms with Gasteiger partial charge in [-0.15, -0.1) is 0 Å². The first-order valence-corrected chi connectivity index (χ1v) is 4.15. The van der Waals surface area contributed by atoms with E-state index >= 15 is 0 Å². The molecular formula is C9H12O2. The molecule has 1 unspecified atom stereocenters. The van der Waals surface area contributed by atoms with E-state index in [1.165, 1.54) is 5.57 Å². The van der Waals surface area contributed by atoms with Gasteiger partial charge in [0.15, 0.2) is 0 Å². The van der Waals surface area contributed by atoms with Gasteiger partial charge in [0.25, 0.3) is 0 Å². The van der Waals surface area contributed by atoms with Crippen molar-refractivity contribution in [3.63, 3.8) is 0 Å². The van der Waals surface area contributed by atoms with Crippen LogP contribution in [-0.2, 0) is 9.53 Å². The van der Waals surface area contributed by atoms with Gasteiger partial charge in [-0.05, 0) is 30.8 Å². The zero-order valence-corrected chi connectivity index (χ0v) is 6.72. The Hall–Kier alpha value is -0.790. The van der Waals surface area contributed by atoms with Crippen LogP contribution in [-0.4, -0.2) is 12.6 Å². The molecule has 0 aromatic carbocycles. The molecule has 1 heterocycles. The minimum Gasteiger partial charge on any atom is -0.458 e. The van der Waals surface area contributed by atoms with Crippen molar-refractivity contribution in [1.29, 1.82) is 0 Å². The highest BCUT2D eigenvalue weighted by molar-refractivity contribution is 5.91. The first kappa shape index (κ1) is 6.89. The Morgan fingerprint density at radius 2 is 2.36 bits per heavy atom. The number of hydrogen-bond donors (Lipinski definition) is 0. The van der Waals surface area contributed by atoms with E-state index in [9.17, 15) is 4.79 Å². The van der Waals surface area contributed by atoms with Gasteiger partial charge in [-0.25, -0.2) is 4.79 Å². The van der Waals surface area contributed by atoms with E-state index in [-0.39, 0.29) is 5.97 Å². The zero-order valence-electron chi connectivity index (χ0n) is 6.72. The molecule has 0 radical (unpaired) electrons. The molecule has 1 atom stereocenters. The largest absolute Gasteiger partial charge is 0.458 e. The summed E-state index contributed by atoms with van der Waals surface area (Å²) in [4.78, 5) is 11.0. The summed E-state index contributed by atoms with van der Waals surface area (Å²) in [7, 11) is 0. The summed E-state index contributed by atoms with van der Waals surface area (Å²) in [5.74, 6) is 0.676. The average molecular weight is 152 g/mol. The average Bonchev–Trinajstić information content (AvgIpc) is 2.32. The summed E-state index contributed by atoms with van der Waals surface area (Å²) in [6.45, 7) is 2.80. The van der Waals surface area contributed by atoms with Crippen LogP contribution in [0.15, 0.2) is 11.1 Å². The van der Waals surface area contributed by atoms with Gasteiger partial charge in [0.1, 0.15) is 6.61 Å². The predicted molar refractivity (Wildman–Crippen MR) is 41.0 cm³/mol. The fourth-order valence-corrected chi connectivity index (χ4v) is 1.85. The van der Waals surface area contributed by atoms with E-state index in [1.54, 1.807) is 0 Å². The maximum atomic E-state index is 11.0. The maximum Gasteiger partial charge on any atom is 0.334 e. The van der Waals surface area contributed by atoms with E-state index in [0.29, 0.717) is 6.61 Å². The monoisotopic (exact) mass is 152 g/mol. The minimum absolute atomic E-state index is 0.0631. The van der Waals surface area contributed by atoms with E-state index < -0.39 is 0 Å². The third-order valence-electron chi connectivity index (χ3n) is 2.53. The molecule has 1 aliphatic carbocycles. The molecule has 0 fully saturated rings. The highest BCUT2D eigenvalue weighted by Gasteiger charge is 2.28. The number of ether oxygens (including phenoxy) is 1. The lowest BCUT2D eigenvalue weighted by Gasteiger charge is -2.16. The summed E-state index contributed by atoms with van der Waals surface area (Å²) in [6.07, 6.45) is 3.16. The Balaban J connectivity index is 2.24. The molecule has 2 nitrogen and oxygen atoms in total. The van der Waals surface area contributed by atoms with Crippen molar-refractivity contribution in [2.24, 2.45) is 5.92 Å². The molecule has 1 aliphatic heterocycles. The second kappa shape index (κ2) is 2.36. The summed E-state index contributed by atoms with van der Waals surface area (Å²) >= 11 is 0. The lowest BCUT2D eigenvalue weighted by Crippen LogP contribution is -2.07. The third kappa shape index (κ3) is 1.06. The van der Waals surface area contributed by atoms with Gasteiger partial charge in [0.05, 0.1) is 0 Å². The molecule has 0 bridgehead atoms. The van der Waals surface area contributed by atoms with E-state index in [0.717, 1.165) is 30.8 Å². The standard InChI is InChI=1S/C9H12O2/c1-6-2-3-8-7(4-6)5-11-9(8)10/h6H,2-5H2,1H3. The van der Waals surface area contributed by atoms with Gasteiger partial charge in [-0.2, -0.15) is 0 Å². The molecule has 0 aromatic heterocycles. The smallest absolute Gasteiger partial charge is 0.334 e. The molecule has 0 aromatic rings. The van der Waals surface area contributed by atoms with Crippen LogP contribution >= 0.6 is 0 Å². The molecule has 60 valence electrons. The molecule has 0 saturated heterocycles. The molecule has 11 heavy (non-hydrogen) atoms. The number of rotatable bonds is 0. The predicted octanol–water partition coefficient (Wildman–Crippen LogP) is 1.66. The SMILES string of the molecule is CC1CCC2=C(COC2=O)C1. The maximum absolute atomic E-state index is 11.0. The summed E-state index contributed by atoms with van der Waals surface area (Å²) in [5, 5.41) is 0. The normalized spacial score (nSPS) is 30.3. The van der Waals surface area contributed by atoms with Gasteiger partial charge < -0.3 is 4.74 Å². The lowest BCUT2D eigenvalue weighted by molar-refractivity contribution is -0.136. The Bertz CT molecular complexity index is 228. The highest BCUT2D eigenvalue weighted by atomic mass is 16.5.